The quantitative estimate of drug-likeness (QED) is 0.401. The van der Waals surface area contributed by atoms with Crippen molar-refractivity contribution in [3.63, 3.8) is 0 Å². The maximum Gasteiger partial charge on any atom is 0.262 e. The lowest BCUT2D eigenvalue weighted by molar-refractivity contribution is -0.121. The van der Waals surface area contributed by atoms with Crippen molar-refractivity contribution in [2.45, 2.75) is 38.0 Å². The molecule has 0 unspecified atom stereocenters. The molecular weight excluding hydrogens is 520 g/mol. The van der Waals surface area contributed by atoms with Crippen molar-refractivity contribution in [1.82, 2.24) is 5.01 Å². The highest BCUT2D eigenvalue weighted by Gasteiger charge is 2.39. The van der Waals surface area contributed by atoms with Gasteiger partial charge >= 0.3 is 0 Å². The fraction of sp³-hybridized carbons (Fsp3) is 0.241. The average molecular weight is 547 g/mol. The summed E-state index contributed by atoms with van der Waals surface area (Å²) in [5.41, 5.74) is 5.54. The number of aryl methyl sites for hydroxylation is 1. The number of amidine groups is 1. The van der Waals surface area contributed by atoms with Crippen molar-refractivity contribution < 1.29 is 14.3 Å². The fourth-order valence-corrected chi connectivity index (χ4v) is 5.82. The minimum atomic E-state index is -0.623. The molecule has 2 heterocycles. The summed E-state index contributed by atoms with van der Waals surface area (Å²) in [5, 5.41) is 10.0. The van der Waals surface area contributed by atoms with Gasteiger partial charge in [0.15, 0.2) is 5.17 Å². The third-order valence-electron chi connectivity index (χ3n) is 6.77. The van der Waals surface area contributed by atoms with E-state index in [-0.39, 0.29) is 24.3 Å². The van der Waals surface area contributed by atoms with Crippen molar-refractivity contribution in [2.75, 3.05) is 12.4 Å². The van der Waals surface area contributed by atoms with E-state index in [1.54, 1.807) is 12.1 Å². The number of nitrogens with one attached hydrogen (secondary N) is 1. The standard InChI is InChI=1S/C29H27ClN4O3S/c1-17-7-6-10-23(18(17)2)31-27(35)16-26-28(36)32-29(38-26)34-25(21-8-4-5-9-22(21)30)15-24(33-34)19-11-13-20(37-3)14-12-19/h4-14,25-26H,15-16H2,1-3H3,(H,31,35)/t25-,26-/m1/s1. The van der Waals surface area contributed by atoms with E-state index in [1.165, 1.54) is 11.8 Å². The molecule has 0 spiro atoms. The predicted molar refractivity (Wildman–Crippen MR) is 153 cm³/mol. The molecule has 0 fully saturated rings. The van der Waals surface area contributed by atoms with E-state index in [1.807, 2.05) is 80.6 Å². The van der Waals surface area contributed by atoms with Gasteiger partial charge in [0, 0.05) is 23.6 Å². The molecule has 0 aliphatic carbocycles. The molecule has 0 radical (unpaired) electrons. The normalized spacial score (nSPS) is 18.8. The van der Waals surface area contributed by atoms with Gasteiger partial charge in [-0.15, -0.1) is 0 Å². The molecule has 7 nitrogen and oxygen atoms in total. The first-order valence-corrected chi connectivity index (χ1v) is 13.5. The molecule has 2 aliphatic rings. The Morgan fingerprint density at radius 2 is 1.87 bits per heavy atom. The molecule has 194 valence electrons. The van der Waals surface area contributed by atoms with E-state index in [9.17, 15) is 9.59 Å². The van der Waals surface area contributed by atoms with Gasteiger partial charge < -0.3 is 10.1 Å². The number of methoxy groups -OCH3 is 1. The molecule has 2 amide bonds. The highest BCUT2D eigenvalue weighted by atomic mass is 35.5. The monoisotopic (exact) mass is 546 g/mol. The van der Waals surface area contributed by atoms with Crippen molar-refractivity contribution in [1.29, 1.82) is 0 Å². The molecule has 0 aromatic heterocycles. The molecule has 9 heteroatoms. The highest BCUT2D eigenvalue weighted by molar-refractivity contribution is 8.15. The number of hydrogen-bond donors (Lipinski definition) is 1. The summed E-state index contributed by atoms with van der Waals surface area (Å²) >= 11 is 7.84. The van der Waals surface area contributed by atoms with Crippen LogP contribution in [0.1, 0.15) is 41.1 Å². The average Bonchev–Trinajstić information content (AvgIpc) is 3.51. The van der Waals surface area contributed by atoms with E-state index in [0.717, 1.165) is 39.4 Å². The number of carbonyl (C=O) groups is 2. The van der Waals surface area contributed by atoms with Gasteiger partial charge in [-0.2, -0.15) is 10.1 Å². The second-order valence-electron chi connectivity index (χ2n) is 9.20. The van der Waals surface area contributed by atoms with E-state index < -0.39 is 5.25 Å². The minimum absolute atomic E-state index is 0.0174. The largest absolute Gasteiger partial charge is 0.497 e. The molecule has 3 aromatic rings. The first kappa shape index (κ1) is 26.0. The Morgan fingerprint density at radius 3 is 2.61 bits per heavy atom. The van der Waals surface area contributed by atoms with Crippen LogP contribution in [-0.4, -0.2) is 40.1 Å². The Morgan fingerprint density at radius 1 is 1.11 bits per heavy atom. The number of aliphatic imine (C=N–C) groups is 1. The Hall–Kier alpha value is -3.62. The summed E-state index contributed by atoms with van der Waals surface area (Å²) in [6.07, 6.45) is 0.602. The van der Waals surface area contributed by atoms with Gasteiger partial charge in [0.25, 0.3) is 5.91 Å². The van der Waals surface area contributed by atoms with Gasteiger partial charge in [0.1, 0.15) is 11.0 Å². The maximum absolute atomic E-state index is 12.9. The minimum Gasteiger partial charge on any atom is -0.497 e. The Kier molecular flexibility index (Phi) is 7.53. The maximum atomic E-state index is 12.9. The lowest BCUT2D eigenvalue weighted by atomic mass is 9.98. The molecular formula is C29H27ClN4O3S. The lowest BCUT2D eigenvalue weighted by Gasteiger charge is -2.24. The van der Waals surface area contributed by atoms with Crippen LogP contribution in [0, 0.1) is 13.8 Å². The summed E-state index contributed by atoms with van der Waals surface area (Å²) in [6, 6.07) is 20.8. The Bertz CT molecular complexity index is 1450. The van der Waals surface area contributed by atoms with Crippen molar-refractivity contribution in [3.8, 4) is 5.75 Å². The third kappa shape index (κ3) is 5.33. The zero-order chi connectivity index (χ0) is 26.8. The van der Waals surface area contributed by atoms with E-state index in [2.05, 4.69) is 10.3 Å². The first-order valence-electron chi connectivity index (χ1n) is 12.2. The molecule has 5 rings (SSSR count). The zero-order valence-corrected chi connectivity index (χ0v) is 22.8. The lowest BCUT2D eigenvalue weighted by Crippen LogP contribution is -2.25. The zero-order valence-electron chi connectivity index (χ0n) is 21.3. The van der Waals surface area contributed by atoms with Crippen LogP contribution < -0.4 is 10.1 Å². The van der Waals surface area contributed by atoms with Crippen LogP contribution in [0.3, 0.4) is 0 Å². The molecule has 38 heavy (non-hydrogen) atoms. The van der Waals surface area contributed by atoms with Gasteiger partial charge in [-0.25, -0.2) is 5.01 Å². The van der Waals surface area contributed by atoms with Gasteiger partial charge in [0.2, 0.25) is 5.91 Å². The number of benzene rings is 3. The Labute approximate surface area is 230 Å². The van der Waals surface area contributed by atoms with E-state index >= 15 is 0 Å². The van der Waals surface area contributed by atoms with Crippen molar-refractivity contribution in [3.05, 3.63) is 94.0 Å². The number of rotatable bonds is 6. The molecule has 2 atom stereocenters. The van der Waals surface area contributed by atoms with Crippen LogP contribution >= 0.6 is 23.4 Å². The smallest absolute Gasteiger partial charge is 0.262 e. The van der Waals surface area contributed by atoms with E-state index in [0.29, 0.717) is 16.6 Å². The van der Waals surface area contributed by atoms with Gasteiger partial charge in [0.05, 0.1) is 18.9 Å². The van der Waals surface area contributed by atoms with E-state index in [4.69, 9.17) is 21.4 Å². The number of hydrogen-bond acceptors (Lipinski definition) is 6. The number of nitrogens with zero attached hydrogens (tertiary/aromatic N) is 3. The van der Waals surface area contributed by atoms with Crippen LogP contribution in [0.25, 0.3) is 0 Å². The topological polar surface area (TPSA) is 83.4 Å². The molecule has 2 aliphatic heterocycles. The van der Waals surface area contributed by atoms with Gasteiger partial charge in [-0.1, -0.05) is 53.7 Å². The van der Waals surface area contributed by atoms with Crippen LogP contribution in [-0.2, 0) is 9.59 Å². The number of halogens is 1. The number of anilines is 1. The number of carbonyl (C=O) groups excluding carboxylic acids is 2. The number of ether oxygens (including phenoxy) is 1. The van der Waals surface area contributed by atoms with Crippen LogP contribution in [0.15, 0.2) is 76.8 Å². The molecule has 0 saturated carbocycles. The van der Waals surface area contributed by atoms with Crippen molar-refractivity contribution in [2.24, 2.45) is 10.1 Å². The molecule has 0 saturated heterocycles. The Balaban J connectivity index is 1.36. The summed E-state index contributed by atoms with van der Waals surface area (Å²) in [6.45, 7) is 3.95. The number of hydrazone groups is 1. The summed E-state index contributed by atoms with van der Waals surface area (Å²) < 4.78 is 5.29. The summed E-state index contributed by atoms with van der Waals surface area (Å²) in [7, 11) is 1.63. The van der Waals surface area contributed by atoms with Crippen LogP contribution in [0.4, 0.5) is 5.69 Å². The van der Waals surface area contributed by atoms with Crippen LogP contribution in [0.2, 0.25) is 5.02 Å². The first-order chi connectivity index (χ1) is 18.3. The fourth-order valence-electron chi connectivity index (χ4n) is 4.49. The molecule has 1 N–H and O–H groups in total. The van der Waals surface area contributed by atoms with Crippen molar-refractivity contribution >= 4 is 51.7 Å². The summed E-state index contributed by atoms with van der Waals surface area (Å²) in [4.78, 5) is 30.0. The second kappa shape index (κ2) is 11.0. The van der Waals surface area contributed by atoms with Gasteiger partial charge in [-0.3, -0.25) is 9.59 Å². The third-order valence-corrected chi connectivity index (χ3v) is 8.26. The van der Waals surface area contributed by atoms with Gasteiger partial charge in [-0.05, 0) is 72.5 Å². The number of amides is 2. The summed E-state index contributed by atoms with van der Waals surface area (Å²) in [5.74, 6) is 0.190. The number of thioether (sulfide) groups is 1. The van der Waals surface area contributed by atoms with Crippen LogP contribution in [0.5, 0.6) is 5.75 Å². The highest BCUT2D eigenvalue weighted by Crippen LogP contribution is 2.40. The second-order valence-corrected chi connectivity index (χ2v) is 10.8. The SMILES string of the molecule is COc1ccc(C2=NN(C3=NC(=O)[C@@H](CC(=O)Nc4cccc(C)c4C)S3)[C@@H](c3ccccc3Cl)C2)cc1. The molecule has 0 bridgehead atoms. The molecule has 3 aromatic carbocycles. The predicted octanol–water partition coefficient (Wildman–Crippen LogP) is 6.14.